The first-order valence-corrected chi connectivity index (χ1v) is 6.06. The number of nitrogens with zero attached hydrogens (tertiary/aromatic N) is 1. The first-order chi connectivity index (χ1) is 10.5. The van der Waals surface area contributed by atoms with E-state index in [2.05, 4.69) is 4.98 Å². The number of aromatic nitrogens is 1. The standard InChI is InChI=1S/C16H15N/c1-2-4-11(5-3-1)16-9-14-12-6-7-13(8-12)15(14)10-17-16/h1-5,9-10,12-13H,6-8H2/i1D,2D,3D,4D,5D. The Morgan fingerprint density at radius 2 is 1.82 bits per heavy atom. The van der Waals surface area contributed by atoms with Crippen molar-refractivity contribution in [2.75, 3.05) is 0 Å². The third-order valence-electron chi connectivity index (χ3n) is 4.04. The molecule has 2 aliphatic rings. The molecule has 1 aromatic heterocycles. The SMILES string of the molecule is [2H]c1c([2H])c([2H])c(-c2cc3c(cn2)C2CCC3C2)c([2H])c1[2H]. The van der Waals surface area contributed by atoms with Crippen LogP contribution in [0.1, 0.15) is 49.1 Å². The lowest BCUT2D eigenvalue weighted by atomic mass is 9.92. The zero-order valence-electron chi connectivity index (χ0n) is 14.4. The fraction of sp³-hybridized carbons (Fsp3) is 0.312. The van der Waals surface area contributed by atoms with Gasteiger partial charge in [0.15, 0.2) is 0 Å². The highest BCUT2D eigenvalue weighted by molar-refractivity contribution is 5.61. The van der Waals surface area contributed by atoms with Gasteiger partial charge < -0.3 is 0 Å². The van der Waals surface area contributed by atoms with E-state index in [0.717, 1.165) is 0 Å². The molecule has 0 saturated heterocycles. The molecule has 4 rings (SSSR count). The Hall–Kier alpha value is -1.63. The molecule has 1 heterocycles. The number of benzene rings is 1. The molecule has 17 heavy (non-hydrogen) atoms. The molecular formula is C16H15N. The van der Waals surface area contributed by atoms with Crippen molar-refractivity contribution < 1.29 is 6.85 Å². The fourth-order valence-corrected chi connectivity index (χ4v) is 3.24. The van der Waals surface area contributed by atoms with Gasteiger partial charge >= 0.3 is 0 Å². The van der Waals surface area contributed by atoms with Crippen LogP contribution in [0.15, 0.2) is 42.5 Å². The minimum Gasteiger partial charge on any atom is -0.256 e. The van der Waals surface area contributed by atoms with Crippen molar-refractivity contribution in [1.29, 1.82) is 0 Å². The van der Waals surface area contributed by atoms with Crippen LogP contribution in [-0.4, -0.2) is 4.98 Å². The predicted octanol–water partition coefficient (Wildman–Crippen LogP) is 4.11. The van der Waals surface area contributed by atoms with Gasteiger partial charge in [-0.05, 0) is 48.3 Å². The van der Waals surface area contributed by atoms with E-state index in [1.54, 1.807) is 0 Å². The van der Waals surface area contributed by atoms with Crippen molar-refractivity contribution in [1.82, 2.24) is 4.98 Å². The molecule has 2 bridgehead atoms. The van der Waals surface area contributed by atoms with Gasteiger partial charge in [-0.15, -0.1) is 0 Å². The number of hydrogen-bond donors (Lipinski definition) is 0. The van der Waals surface area contributed by atoms with Crippen LogP contribution >= 0.6 is 0 Å². The van der Waals surface area contributed by atoms with E-state index in [1.807, 2.05) is 12.3 Å². The van der Waals surface area contributed by atoms with Crippen molar-refractivity contribution in [2.24, 2.45) is 0 Å². The summed E-state index contributed by atoms with van der Waals surface area (Å²) in [5, 5.41) is 0. The highest BCUT2D eigenvalue weighted by Gasteiger charge is 2.37. The minimum atomic E-state index is -0.362. The predicted molar refractivity (Wildman–Crippen MR) is 69.0 cm³/mol. The molecule has 1 aromatic carbocycles. The molecule has 0 spiro atoms. The van der Waals surface area contributed by atoms with Crippen LogP contribution < -0.4 is 0 Å². The Kier molecular flexibility index (Phi) is 1.17. The molecular weight excluding hydrogens is 206 g/mol. The van der Waals surface area contributed by atoms with E-state index in [1.165, 1.54) is 30.4 Å². The van der Waals surface area contributed by atoms with Crippen LogP contribution in [0.3, 0.4) is 0 Å². The van der Waals surface area contributed by atoms with Crippen LogP contribution in [0.5, 0.6) is 0 Å². The molecule has 2 aromatic rings. The maximum atomic E-state index is 8.06. The van der Waals surface area contributed by atoms with E-state index in [4.69, 9.17) is 6.85 Å². The number of fused-ring (bicyclic) bond motifs is 5. The van der Waals surface area contributed by atoms with Gasteiger partial charge in [0, 0.05) is 11.8 Å². The van der Waals surface area contributed by atoms with Gasteiger partial charge in [0.25, 0.3) is 0 Å². The van der Waals surface area contributed by atoms with E-state index in [9.17, 15) is 0 Å². The smallest absolute Gasteiger partial charge is 0.0705 e. The van der Waals surface area contributed by atoms with Gasteiger partial charge in [0.1, 0.15) is 0 Å². The molecule has 0 N–H and O–H groups in total. The quantitative estimate of drug-likeness (QED) is 0.713. The molecule has 1 saturated carbocycles. The van der Waals surface area contributed by atoms with Crippen LogP contribution in [0.4, 0.5) is 0 Å². The summed E-state index contributed by atoms with van der Waals surface area (Å²) in [4.78, 5) is 4.41. The summed E-state index contributed by atoms with van der Waals surface area (Å²) in [6.07, 6.45) is 5.41. The lowest BCUT2D eigenvalue weighted by Crippen LogP contribution is -1.99. The Bertz CT molecular complexity index is 773. The lowest BCUT2D eigenvalue weighted by Gasteiger charge is -2.15. The van der Waals surface area contributed by atoms with Gasteiger partial charge in [0.05, 0.1) is 12.5 Å². The molecule has 0 amide bonds. The summed E-state index contributed by atoms with van der Waals surface area (Å²) in [7, 11) is 0. The summed E-state index contributed by atoms with van der Waals surface area (Å²) in [5.74, 6) is 1.15. The Morgan fingerprint density at radius 3 is 2.65 bits per heavy atom. The fourth-order valence-electron chi connectivity index (χ4n) is 3.24. The highest BCUT2D eigenvalue weighted by atomic mass is 14.7. The van der Waals surface area contributed by atoms with Crippen LogP contribution in [0, 0.1) is 0 Å². The Morgan fingerprint density at radius 1 is 1.06 bits per heavy atom. The van der Waals surface area contributed by atoms with Crippen molar-refractivity contribution in [3.8, 4) is 11.3 Å². The molecule has 1 fully saturated rings. The third kappa shape index (κ3) is 1.35. The second kappa shape index (κ2) is 3.43. The second-order valence-corrected chi connectivity index (χ2v) is 4.91. The average Bonchev–Trinajstić information content (AvgIpc) is 3.13. The second-order valence-electron chi connectivity index (χ2n) is 4.91. The summed E-state index contributed by atoms with van der Waals surface area (Å²) < 4.78 is 39.4. The van der Waals surface area contributed by atoms with Crippen molar-refractivity contribution in [3.63, 3.8) is 0 Å². The Labute approximate surface area is 109 Å². The maximum Gasteiger partial charge on any atom is 0.0705 e. The monoisotopic (exact) mass is 226 g/mol. The van der Waals surface area contributed by atoms with Crippen LogP contribution in [-0.2, 0) is 0 Å². The van der Waals surface area contributed by atoms with E-state index >= 15 is 0 Å². The van der Waals surface area contributed by atoms with Crippen molar-refractivity contribution in [2.45, 2.75) is 31.1 Å². The van der Waals surface area contributed by atoms with Crippen molar-refractivity contribution >= 4 is 0 Å². The average molecular weight is 226 g/mol. The van der Waals surface area contributed by atoms with Crippen LogP contribution in [0.2, 0.25) is 0 Å². The van der Waals surface area contributed by atoms with Gasteiger partial charge in [-0.3, -0.25) is 4.98 Å². The highest BCUT2D eigenvalue weighted by Crippen LogP contribution is 2.53. The number of pyridine rings is 1. The first-order valence-electron chi connectivity index (χ1n) is 8.56. The molecule has 0 aliphatic heterocycles. The molecule has 0 radical (unpaired) electrons. The van der Waals surface area contributed by atoms with Gasteiger partial charge in [-0.1, -0.05) is 30.2 Å². The van der Waals surface area contributed by atoms with E-state index < -0.39 is 0 Å². The largest absolute Gasteiger partial charge is 0.256 e. The normalized spacial score (nSPS) is 29.1. The summed E-state index contributed by atoms with van der Waals surface area (Å²) in [5.41, 5.74) is 3.24. The number of hydrogen-bond acceptors (Lipinski definition) is 1. The van der Waals surface area contributed by atoms with E-state index in [0.29, 0.717) is 17.5 Å². The maximum absolute atomic E-state index is 8.06. The molecule has 1 heteroatoms. The van der Waals surface area contributed by atoms with Gasteiger partial charge in [0.2, 0.25) is 0 Å². The summed E-state index contributed by atoms with van der Waals surface area (Å²) in [6.45, 7) is 0. The zero-order valence-corrected chi connectivity index (χ0v) is 9.38. The lowest BCUT2D eigenvalue weighted by molar-refractivity contribution is 0.714. The minimum absolute atomic E-state index is 0.179. The van der Waals surface area contributed by atoms with Gasteiger partial charge in [-0.2, -0.15) is 0 Å². The van der Waals surface area contributed by atoms with Crippen LogP contribution in [0.25, 0.3) is 11.3 Å². The molecule has 1 nitrogen and oxygen atoms in total. The topological polar surface area (TPSA) is 12.9 Å². The third-order valence-corrected chi connectivity index (χ3v) is 4.04. The molecule has 2 aliphatic carbocycles. The van der Waals surface area contributed by atoms with Crippen molar-refractivity contribution in [3.05, 3.63) is 53.6 Å². The van der Waals surface area contributed by atoms with E-state index in [-0.39, 0.29) is 35.8 Å². The first kappa shape index (κ1) is 5.81. The summed E-state index contributed by atoms with van der Waals surface area (Å²) in [6, 6.07) is 0.606. The summed E-state index contributed by atoms with van der Waals surface area (Å²) >= 11 is 0. The number of rotatable bonds is 1. The Balaban J connectivity index is 1.93. The molecule has 2 atom stereocenters. The molecule has 2 unspecified atom stereocenters. The molecule has 84 valence electrons. The van der Waals surface area contributed by atoms with Gasteiger partial charge in [-0.25, -0.2) is 0 Å². The zero-order chi connectivity index (χ0) is 15.6.